The highest BCUT2D eigenvalue weighted by Gasteiger charge is 2.32. The molecule has 1 saturated heterocycles. The van der Waals surface area contributed by atoms with E-state index in [0.29, 0.717) is 13.0 Å². The molecule has 14 heavy (non-hydrogen) atoms. The minimum atomic E-state index is 0.107. The lowest BCUT2D eigenvalue weighted by Gasteiger charge is -2.21. The van der Waals surface area contributed by atoms with E-state index in [1.807, 2.05) is 17.0 Å². The molecule has 1 aliphatic heterocycles. The molecule has 0 N–H and O–H groups in total. The summed E-state index contributed by atoms with van der Waals surface area (Å²) >= 11 is 0. The summed E-state index contributed by atoms with van der Waals surface area (Å²) in [7, 11) is 0. The monoisotopic (exact) mass is 191 g/mol. The van der Waals surface area contributed by atoms with Gasteiger partial charge in [0.05, 0.1) is 12.3 Å². The van der Waals surface area contributed by atoms with Crippen molar-refractivity contribution < 1.29 is 9.21 Å². The molecule has 3 nitrogen and oxygen atoms in total. The van der Waals surface area contributed by atoms with E-state index in [9.17, 15) is 4.79 Å². The van der Waals surface area contributed by atoms with Gasteiger partial charge in [0, 0.05) is 13.0 Å². The second kappa shape index (κ2) is 3.70. The molecule has 74 valence electrons. The summed E-state index contributed by atoms with van der Waals surface area (Å²) in [6.45, 7) is 4.25. The molecule has 1 unspecified atom stereocenters. The van der Waals surface area contributed by atoms with Crippen LogP contribution in [0.15, 0.2) is 35.5 Å². The maximum Gasteiger partial charge on any atom is 0.223 e. The first kappa shape index (κ1) is 9.06. The normalized spacial score (nSPS) is 21.6. The molecule has 2 heterocycles. The van der Waals surface area contributed by atoms with Crippen LogP contribution in [0.1, 0.15) is 24.6 Å². The number of furan rings is 1. The van der Waals surface area contributed by atoms with Crippen molar-refractivity contribution in [3.05, 3.63) is 36.8 Å². The third-order valence-electron chi connectivity index (χ3n) is 2.53. The van der Waals surface area contributed by atoms with Crippen molar-refractivity contribution in [2.24, 2.45) is 0 Å². The fourth-order valence-corrected chi connectivity index (χ4v) is 1.88. The van der Waals surface area contributed by atoms with Gasteiger partial charge >= 0.3 is 0 Å². The van der Waals surface area contributed by atoms with Crippen LogP contribution in [0.25, 0.3) is 0 Å². The minimum absolute atomic E-state index is 0.107. The molecule has 1 aromatic heterocycles. The Balaban J connectivity index is 2.19. The van der Waals surface area contributed by atoms with Gasteiger partial charge < -0.3 is 9.32 Å². The molecule has 1 fully saturated rings. The van der Waals surface area contributed by atoms with E-state index in [1.54, 1.807) is 12.3 Å². The Morgan fingerprint density at radius 2 is 2.57 bits per heavy atom. The molecule has 1 aliphatic rings. The summed E-state index contributed by atoms with van der Waals surface area (Å²) < 4.78 is 5.31. The lowest BCUT2D eigenvalue weighted by molar-refractivity contribution is -0.128. The topological polar surface area (TPSA) is 33.5 Å². The zero-order valence-corrected chi connectivity index (χ0v) is 7.98. The number of amides is 1. The minimum Gasteiger partial charge on any atom is -0.467 e. The van der Waals surface area contributed by atoms with Crippen molar-refractivity contribution in [3.63, 3.8) is 0 Å². The Hall–Kier alpha value is -1.51. The molecule has 0 saturated carbocycles. The fraction of sp³-hybridized carbons (Fsp3) is 0.364. The highest BCUT2D eigenvalue weighted by Crippen LogP contribution is 2.32. The van der Waals surface area contributed by atoms with Crippen molar-refractivity contribution in [1.29, 1.82) is 0 Å². The first-order valence-electron chi connectivity index (χ1n) is 4.76. The maximum absolute atomic E-state index is 11.5. The van der Waals surface area contributed by atoms with Gasteiger partial charge in [0.15, 0.2) is 0 Å². The van der Waals surface area contributed by atoms with Gasteiger partial charge in [-0.15, -0.1) is 6.58 Å². The van der Waals surface area contributed by atoms with Crippen LogP contribution in [0.3, 0.4) is 0 Å². The lowest BCUT2D eigenvalue weighted by Crippen LogP contribution is -2.27. The fourth-order valence-electron chi connectivity index (χ4n) is 1.88. The van der Waals surface area contributed by atoms with E-state index in [4.69, 9.17) is 4.42 Å². The smallest absolute Gasteiger partial charge is 0.223 e. The van der Waals surface area contributed by atoms with Crippen LogP contribution in [0, 0.1) is 0 Å². The molecule has 0 aliphatic carbocycles. The third-order valence-corrected chi connectivity index (χ3v) is 2.53. The van der Waals surface area contributed by atoms with E-state index in [1.165, 1.54) is 0 Å². The van der Waals surface area contributed by atoms with E-state index < -0.39 is 0 Å². The summed E-state index contributed by atoms with van der Waals surface area (Å²) in [5.74, 6) is 1.06. The van der Waals surface area contributed by atoms with E-state index in [-0.39, 0.29) is 11.9 Å². The van der Waals surface area contributed by atoms with E-state index in [2.05, 4.69) is 6.58 Å². The predicted octanol–water partition coefficient (Wildman–Crippen LogP) is 2.13. The van der Waals surface area contributed by atoms with Gasteiger partial charge in [-0.1, -0.05) is 6.08 Å². The molecule has 1 atom stereocenters. The zero-order valence-electron chi connectivity index (χ0n) is 7.98. The number of rotatable bonds is 3. The van der Waals surface area contributed by atoms with Gasteiger partial charge in [0.1, 0.15) is 5.76 Å². The Kier molecular flexibility index (Phi) is 2.39. The number of carbonyl (C=O) groups excluding carboxylic acids is 1. The Morgan fingerprint density at radius 1 is 1.71 bits per heavy atom. The van der Waals surface area contributed by atoms with Crippen LogP contribution in [-0.4, -0.2) is 17.4 Å². The van der Waals surface area contributed by atoms with Crippen LogP contribution in [0.5, 0.6) is 0 Å². The molecule has 0 aromatic carbocycles. The standard InChI is InChI=1S/C11H13NO2/c1-2-7-12-9(5-6-11(12)13)10-4-3-8-14-10/h2-4,8-9H,1,5-7H2. The summed E-state index contributed by atoms with van der Waals surface area (Å²) in [5.41, 5.74) is 0. The van der Waals surface area contributed by atoms with Crippen molar-refractivity contribution in [2.75, 3.05) is 6.54 Å². The molecule has 0 bridgehead atoms. The molecular formula is C11H13NO2. The van der Waals surface area contributed by atoms with Crippen LogP contribution >= 0.6 is 0 Å². The quantitative estimate of drug-likeness (QED) is 0.686. The van der Waals surface area contributed by atoms with Gasteiger partial charge in [0.2, 0.25) is 5.91 Å². The van der Waals surface area contributed by atoms with E-state index >= 15 is 0 Å². The van der Waals surface area contributed by atoms with Crippen LogP contribution in [0.2, 0.25) is 0 Å². The summed E-state index contributed by atoms with van der Waals surface area (Å²) in [5, 5.41) is 0. The van der Waals surface area contributed by atoms with E-state index in [0.717, 1.165) is 12.2 Å². The Labute approximate surface area is 83.0 Å². The number of likely N-dealkylation sites (tertiary alicyclic amines) is 1. The Morgan fingerprint density at radius 3 is 3.21 bits per heavy atom. The van der Waals surface area contributed by atoms with Crippen LogP contribution in [0.4, 0.5) is 0 Å². The summed E-state index contributed by atoms with van der Waals surface area (Å²) in [6, 6.07) is 3.87. The highest BCUT2D eigenvalue weighted by atomic mass is 16.3. The molecule has 0 radical (unpaired) electrons. The highest BCUT2D eigenvalue weighted by molar-refractivity contribution is 5.79. The molecule has 1 aromatic rings. The predicted molar refractivity (Wildman–Crippen MR) is 52.6 cm³/mol. The Bertz CT molecular complexity index is 329. The first-order chi connectivity index (χ1) is 6.83. The number of hydrogen-bond donors (Lipinski definition) is 0. The van der Waals surface area contributed by atoms with Gasteiger partial charge in [-0.05, 0) is 18.6 Å². The first-order valence-corrected chi connectivity index (χ1v) is 4.76. The molecule has 0 spiro atoms. The average molecular weight is 191 g/mol. The summed E-state index contributed by atoms with van der Waals surface area (Å²) in [4.78, 5) is 13.3. The SMILES string of the molecule is C=CCN1C(=O)CCC1c1ccco1. The second-order valence-electron chi connectivity index (χ2n) is 3.40. The summed E-state index contributed by atoms with van der Waals surface area (Å²) in [6.07, 6.45) is 4.85. The van der Waals surface area contributed by atoms with Gasteiger partial charge in [0.25, 0.3) is 0 Å². The third kappa shape index (κ3) is 1.45. The second-order valence-corrected chi connectivity index (χ2v) is 3.40. The largest absolute Gasteiger partial charge is 0.467 e. The molecule has 2 rings (SSSR count). The van der Waals surface area contributed by atoms with Gasteiger partial charge in [-0.2, -0.15) is 0 Å². The van der Waals surface area contributed by atoms with Crippen molar-refractivity contribution in [3.8, 4) is 0 Å². The molecular weight excluding hydrogens is 178 g/mol. The number of hydrogen-bond acceptors (Lipinski definition) is 2. The van der Waals surface area contributed by atoms with Crippen molar-refractivity contribution in [1.82, 2.24) is 4.90 Å². The average Bonchev–Trinajstić information content (AvgIpc) is 2.77. The van der Waals surface area contributed by atoms with Gasteiger partial charge in [-0.25, -0.2) is 0 Å². The lowest BCUT2D eigenvalue weighted by atomic mass is 10.2. The van der Waals surface area contributed by atoms with Crippen molar-refractivity contribution in [2.45, 2.75) is 18.9 Å². The van der Waals surface area contributed by atoms with Crippen LogP contribution < -0.4 is 0 Å². The number of carbonyl (C=O) groups is 1. The van der Waals surface area contributed by atoms with Crippen LogP contribution in [-0.2, 0) is 4.79 Å². The van der Waals surface area contributed by atoms with Crippen molar-refractivity contribution >= 4 is 5.91 Å². The maximum atomic E-state index is 11.5. The zero-order chi connectivity index (χ0) is 9.97. The van der Waals surface area contributed by atoms with Gasteiger partial charge in [-0.3, -0.25) is 4.79 Å². The number of nitrogens with zero attached hydrogens (tertiary/aromatic N) is 1. The molecule has 1 amide bonds. The molecule has 3 heteroatoms.